The molecule has 0 unspecified atom stereocenters. The number of nitriles is 1. The minimum atomic E-state index is 0.654. The normalized spacial score (nSPS) is 10.4. The summed E-state index contributed by atoms with van der Waals surface area (Å²) in [5.41, 5.74) is 4.35. The maximum absolute atomic E-state index is 9.79. The molecule has 0 atom stereocenters. The average molecular weight is 333 g/mol. The molecule has 0 amide bonds. The molecule has 0 saturated carbocycles. The lowest BCUT2D eigenvalue weighted by Gasteiger charge is -2.24. The molecule has 0 aliphatic rings. The first kappa shape index (κ1) is 16.2. The quantitative estimate of drug-likeness (QED) is 0.644. The third-order valence-electron chi connectivity index (χ3n) is 4.04. The first-order valence-corrected chi connectivity index (χ1v) is 8.95. The average Bonchev–Trinajstić information content (AvgIpc) is 3.17. The number of nitrogens with zero attached hydrogens (tertiary/aromatic N) is 3. The van der Waals surface area contributed by atoms with Gasteiger partial charge in [-0.05, 0) is 31.4 Å². The maximum Gasteiger partial charge on any atom is 0.104 e. The number of thiophene rings is 1. The Morgan fingerprint density at radius 3 is 2.42 bits per heavy atom. The van der Waals surface area contributed by atoms with Gasteiger partial charge in [-0.2, -0.15) is 5.26 Å². The Hall–Kier alpha value is -2.64. The molecule has 2 aromatic heterocycles. The minimum absolute atomic E-state index is 0.654. The van der Waals surface area contributed by atoms with Crippen LogP contribution in [0.1, 0.15) is 19.4 Å². The van der Waals surface area contributed by atoms with E-state index in [2.05, 4.69) is 36.9 Å². The molecule has 0 radical (unpaired) electrons. The van der Waals surface area contributed by atoms with Crippen molar-refractivity contribution in [2.75, 3.05) is 18.0 Å². The van der Waals surface area contributed by atoms with Crippen molar-refractivity contribution in [2.24, 2.45) is 0 Å². The van der Waals surface area contributed by atoms with Gasteiger partial charge in [0.2, 0.25) is 0 Å². The van der Waals surface area contributed by atoms with Crippen molar-refractivity contribution in [3.05, 3.63) is 59.5 Å². The monoisotopic (exact) mass is 333 g/mol. The zero-order chi connectivity index (χ0) is 16.9. The fraction of sp³-hybridized carbons (Fsp3) is 0.200. The third kappa shape index (κ3) is 3.04. The van der Waals surface area contributed by atoms with Gasteiger partial charge < -0.3 is 4.90 Å². The van der Waals surface area contributed by atoms with E-state index in [1.807, 2.05) is 41.8 Å². The van der Waals surface area contributed by atoms with Crippen LogP contribution in [0.4, 0.5) is 5.69 Å². The van der Waals surface area contributed by atoms with Crippen LogP contribution in [0.2, 0.25) is 0 Å². The number of rotatable bonds is 5. The summed E-state index contributed by atoms with van der Waals surface area (Å²) in [6.07, 6.45) is 0. The van der Waals surface area contributed by atoms with Crippen molar-refractivity contribution >= 4 is 17.0 Å². The molecule has 0 saturated heterocycles. The summed E-state index contributed by atoms with van der Waals surface area (Å²) in [4.78, 5) is 8.07. The lowest BCUT2D eigenvalue weighted by atomic mass is 10.0. The predicted octanol–water partition coefficient (Wildman–Crippen LogP) is 5.19. The molecule has 3 aromatic rings. The van der Waals surface area contributed by atoms with Gasteiger partial charge in [-0.3, -0.25) is 0 Å². The maximum atomic E-state index is 9.79. The Morgan fingerprint density at radius 2 is 1.83 bits per heavy atom. The minimum Gasteiger partial charge on any atom is -0.371 e. The fourth-order valence-electron chi connectivity index (χ4n) is 2.80. The Balaban J connectivity index is 2.28. The summed E-state index contributed by atoms with van der Waals surface area (Å²) in [5.74, 6) is 0. The summed E-state index contributed by atoms with van der Waals surface area (Å²) in [6.45, 7) is 5.93. The van der Waals surface area contributed by atoms with Crippen LogP contribution < -0.4 is 4.90 Å². The highest BCUT2D eigenvalue weighted by atomic mass is 32.1. The SMILES string of the molecule is CCN(CC)c1cc(-c2ccccc2)nc(-c2cccs2)c1C#N. The number of hydrogen-bond acceptors (Lipinski definition) is 4. The van der Waals surface area contributed by atoms with Gasteiger partial charge in [-0.1, -0.05) is 36.4 Å². The van der Waals surface area contributed by atoms with Crippen molar-refractivity contribution in [1.82, 2.24) is 4.98 Å². The summed E-state index contributed by atoms with van der Waals surface area (Å²) in [6, 6.07) is 18.6. The first-order valence-electron chi connectivity index (χ1n) is 8.07. The van der Waals surface area contributed by atoms with E-state index < -0.39 is 0 Å². The van der Waals surface area contributed by atoms with Crippen LogP contribution in [0, 0.1) is 11.3 Å². The van der Waals surface area contributed by atoms with Gasteiger partial charge in [0.1, 0.15) is 17.3 Å². The van der Waals surface area contributed by atoms with E-state index in [0.29, 0.717) is 5.56 Å². The van der Waals surface area contributed by atoms with Crippen LogP contribution in [0.25, 0.3) is 21.8 Å². The molecule has 3 nitrogen and oxygen atoms in total. The molecule has 0 aliphatic carbocycles. The van der Waals surface area contributed by atoms with Crippen molar-refractivity contribution < 1.29 is 0 Å². The molecule has 120 valence electrons. The zero-order valence-corrected chi connectivity index (χ0v) is 14.7. The van der Waals surface area contributed by atoms with Gasteiger partial charge in [-0.15, -0.1) is 11.3 Å². The molecular formula is C20H19N3S. The van der Waals surface area contributed by atoms with Crippen molar-refractivity contribution in [3.8, 4) is 27.9 Å². The molecule has 0 bridgehead atoms. The fourth-order valence-corrected chi connectivity index (χ4v) is 3.52. The van der Waals surface area contributed by atoms with Crippen molar-refractivity contribution in [3.63, 3.8) is 0 Å². The van der Waals surface area contributed by atoms with E-state index in [1.54, 1.807) is 11.3 Å². The van der Waals surface area contributed by atoms with Crippen LogP contribution >= 0.6 is 11.3 Å². The highest BCUT2D eigenvalue weighted by molar-refractivity contribution is 7.13. The number of benzene rings is 1. The van der Waals surface area contributed by atoms with Crippen molar-refractivity contribution in [1.29, 1.82) is 5.26 Å². The summed E-state index contributed by atoms with van der Waals surface area (Å²) in [7, 11) is 0. The second-order valence-corrected chi connectivity index (χ2v) is 6.33. The smallest absolute Gasteiger partial charge is 0.104 e. The molecule has 0 spiro atoms. The molecule has 2 heterocycles. The van der Waals surface area contributed by atoms with E-state index in [-0.39, 0.29) is 0 Å². The summed E-state index contributed by atoms with van der Waals surface area (Å²) >= 11 is 1.61. The zero-order valence-electron chi connectivity index (χ0n) is 13.9. The second-order valence-electron chi connectivity index (χ2n) is 5.38. The summed E-state index contributed by atoms with van der Waals surface area (Å²) < 4.78 is 0. The Labute approximate surface area is 146 Å². The van der Waals surface area contributed by atoms with E-state index in [4.69, 9.17) is 4.98 Å². The van der Waals surface area contributed by atoms with E-state index >= 15 is 0 Å². The number of anilines is 1. The third-order valence-corrected chi connectivity index (χ3v) is 4.92. The van der Waals surface area contributed by atoms with Crippen LogP contribution in [-0.4, -0.2) is 18.1 Å². The molecular weight excluding hydrogens is 314 g/mol. The Bertz CT molecular complexity index is 845. The van der Waals surface area contributed by atoms with Gasteiger partial charge in [-0.25, -0.2) is 4.98 Å². The molecule has 24 heavy (non-hydrogen) atoms. The van der Waals surface area contributed by atoms with E-state index in [1.165, 1.54) is 0 Å². The highest BCUT2D eigenvalue weighted by Crippen LogP contribution is 2.35. The molecule has 1 aromatic carbocycles. The van der Waals surface area contributed by atoms with Crippen LogP contribution in [0.15, 0.2) is 53.9 Å². The largest absolute Gasteiger partial charge is 0.371 e. The lowest BCUT2D eigenvalue weighted by Crippen LogP contribution is -2.23. The number of hydrogen-bond donors (Lipinski definition) is 0. The van der Waals surface area contributed by atoms with Crippen LogP contribution in [0.5, 0.6) is 0 Å². The van der Waals surface area contributed by atoms with Crippen LogP contribution in [-0.2, 0) is 0 Å². The topological polar surface area (TPSA) is 39.9 Å². The van der Waals surface area contributed by atoms with E-state index in [9.17, 15) is 5.26 Å². The van der Waals surface area contributed by atoms with Gasteiger partial charge >= 0.3 is 0 Å². The Kier molecular flexibility index (Phi) is 4.93. The first-order chi connectivity index (χ1) is 11.8. The molecule has 4 heteroatoms. The molecule has 0 aliphatic heterocycles. The molecule has 0 fully saturated rings. The van der Waals surface area contributed by atoms with Gasteiger partial charge in [0.25, 0.3) is 0 Å². The van der Waals surface area contributed by atoms with E-state index in [0.717, 1.165) is 40.6 Å². The second kappa shape index (κ2) is 7.29. The number of aromatic nitrogens is 1. The number of pyridine rings is 1. The lowest BCUT2D eigenvalue weighted by molar-refractivity contribution is 0.863. The summed E-state index contributed by atoms with van der Waals surface area (Å²) in [5, 5.41) is 11.8. The standard InChI is InChI=1S/C20H19N3S/c1-3-23(4-2)18-13-17(15-9-6-5-7-10-15)22-20(16(18)14-21)19-11-8-12-24-19/h5-13H,3-4H2,1-2H3. The Morgan fingerprint density at radius 1 is 1.08 bits per heavy atom. The van der Waals surface area contributed by atoms with Crippen LogP contribution in [0.3, 0.4) is 0 Å². The van der Waals surface area contributed by atoms with Gasteiger partial charge in [0, 0.05) is 18.7 Å². The van der Waals surface area contributed by atoms with Gasteiger partial charge in [0.05, 0.1) is 16.3 Å². The molecule has 0 N–H and O–H groups in total. The van der Waals surface area contributed by atoms with Crippen molar-refractivity contribution in [2.45, 2.75) is 13.8 Å². The molecule has 3 rings (SSSR count). The van der Waals surface area contributed by atoms with Gasteiger partial charge in [0.15, 0.2) is 0 Å². The predicted molar refractivity (Wildman–Crippen MR) is 101 cm³/mol. The highest BCUT2D eigenvalue weighted by Gasteiger charge is 2.18.